The van der Waals surface area contributed by atoms with Crippen LogP contribution in [0.3, 0.4) is 0 Å². The first-order valence-corrected chi connectivity index (χ1v) is 7.56. The topological polar surface area (TPSA) is 12.0 Å². The highest BCUT2D eigenvalue weighted by Gasteiger charge is 2.47. The monoisotopic (exact) mass is 263 g/mol. The minimum atomic E-state index is 0.541. The van der Waals surface area contributed by atoms with Crippen LogP contribution in [0.25, 0.3) is 0 Å². The van der Waals surface area contributed by atoms with Crippen LogP contribution in [0.1, 0.15) is 44.1 Å². The van der Waals surface area contributed by atoms with E-state index in [2.05, 4.69) is 24.4 Å². The highest BCUT2D eigenvalue weighted by atomic mass is 35.5. The molecule has 2 fully saturated rings. The molecule has 1 aromatic rings. The van der Waals surface area contributed by atoms with Crippen molar-refractivity contribution in [2.45, 2.75) is 38.5 Å². The zero-order valence-electron chi connectivity index (χ0n) is 11.1. The van der Waals surface area contributed by atoms with Crippen molar-refractivity contribution < 1.29 is 0 Å². The molecule has 3 rings (SSSR count). The van der Waals surface area contributed by atoms with E-state index in [1.54, 1.807) is 0 Å². The summed E-state index contributed by atoms with van der Waals surface area (Å²) in [5, 5.41) is 4.43. The minimum Gasteiger partial charge on any atom is -0.316 e. The lowest BCUT2D eigenvalue weighted by molar-refractivity contribution is 0.116. The molecule has 3 atom stereocenters. The van der Waals surface area contributed by atoms with Gasteiger partial charge in [0, 0.05) is 17.5 Å². The molecule has 0 radical (unpaired) electrons. The molecule has 0 bridgehead atoms. The molecule has 1 aromatic carbocycles. The summed E-state index contributed by atoms with van der Waals surface area (Å²) in [6, 6.07) is 8.54. The van der Waals surface area contributed by atoms with Gasteiger partial charge in [0.1, 0.15) is 0 Å². The fourth-order valence-electron chi connectivity index (χ4n) is 4.25. The highest BCUT2D eigenvalue weighted by molar-refractivity contribution is 6.30. The Morgan fingerprint density at radius 1 is 1.22 bits per heavy atom. The number of benzene rings is 1. The van der Waals surface area contributed by atoms with Gasteiger partial charge in [0.15, 0.2) is 0 Å². The molecule has 2 heteroatoms. The Morgan fingerprint density at radius 2 is 2.00 bits per heavy atom. The Labute approximate surface area is 115 Å². The number of nitrogens with one attached hydrogen (secondary N) is 1. The quantitative estimate of drug-likeness (QED) is 0.800. The van der Waals surface area contributed by atoms with Crippen LogP contribution in [-0.4, -0.2) is 13.1 Å². The molecule has 1 nitrogen and oxygen atoms in total. The lowest BCUT2D eigenvalue weighted by Crippen LogP contribution is -2.45. The molecule has 18 heavy (non-hydrogen) atoms. The molecule has 3 unspecified atom stereocenters. The summed E-state index contributed by atoms with van der Waals surface area (Å²) < 4.78 is 0. The third-order valence-corrected chi connectivity index (χ3v) is 5.59. The largest absolute Gasteiger partial charge is 0.316 e. The van der Waals surface area contributed by atoms with E-state index in [1.165, 1.54) is 37.8 Å². The van der Waals surface area contributed by atoms with Gasteiger partial charge in [-0.1, -0.05) is 43.5 Å². The number of piperidine rings is 1. The van der Waals surface area contributed by atoms with Crippen LogP contribution in [0.15, 0.2) is 24.3 Å². The average molecular weight is 264 g/mol. The van der Waals surface area contributed by atoms with Crippen LogP contribution in [0.2, 0.25) is 5.02 Å². The Hall–Kier alpha value is -0.530. The van der Waals surface area contributed by atoms with Gasteiger partial charge < -0.3 is 5.32 Å². The van der Waals surface area contributed by atoms with Crippen molar-refractivity contribution in [1.29, 1.82) is 0 Å². The lowest BCUT2D eigenvalue weighted by Gasteiger charge is -2.45. The Bertz CT molecular complexity index is 414. The van der Waals surface area contributed by atoms with Gasteiger partial charge in [0.05, 0.1) is 0 Å². The van der Waals surface area contributed by atoms with E-state index in [4.69, 9.17) is 11.6 Å². The second kappa shape index (κ2) is 4.86. The van der Waals surface area contributed by atoms with Gasteiger partial charge in [-0.15, -0.1) is 0 Å². The SMILES string of the molecule is CC1CCCC12CCNCC2c1ccc(Cl)cc1. The predicted molar refractivity (Wildman–Crippen MR) is 77.1 cm³/mol. The van der Waals surface area contributed by atoms with E-state index >= 15 is 0 Å². The molecule has 1 aliphatic heterocycles. The normalized spacial score (nSPS) is 36.1. The van der Waals surface area contributed by atoms with Crippen LogP contribution in [0.4, 0.5) is 0 Å². The summed E-state index contributed by atoms with van der Waals surface area (Å²) in [6.07, 6.45) is 5.56. The molecule has 2 aliphatic rings. The lowest BCUT2D eigenvalue weighted by atomic mass is 9.63. The summed E-state index contributed by atoms with van der Waals surface area (Å²) in [5.74, 6) is 1.53. The number of rotatable bonds is 1. The highest BCUT2D eigenvalue weighted by Crippen LogP contribution is 2.55. The molecule has 0 aromatic heterocycles. The maximum absolute atomic E-state index is 6.01. The number of hydrogen-bond acceptors (Lipinski definition) is 1. The predicted octanol–water partition coefficient (Wildman–Crippen LogP) is 4.22. The first kappa shape index (κ1) is 12.5. The van der Waals surface area contributed by atoms with Crippen molar-refractivity contribution in [1.82, 2.24) is 5.32 Å². The average Bonchev–Trinajstić information content (AvgIpc) is 2.74. The maximum atomic E-state index is 6.01. The summed E-state index contributed by atoms with van der Waals surface area (Å²) >= 11 is 6.01. The Kier molecular flexibility index (Phi) is 3.38. The standard InChI is InChI=1S/C16H22ClN/c1-12-3-2-8-16(12)9-10-18-11-15(16)13-4-6-14(17)7-5-13/h4-7,12,15,18H,2-3,8-11H2,1H3. The van der Waals surface area contributed by atoms with Crippen molar-refractivity contribution in [2.24, 2.45) is 11.3 Å². The summed E-state index contributed by atoms with van der Waals surface area (Å²) in [6.45, 7) is 4.78. The smallest absolute Gasteiger partial charge is 0.0406 e. The van der Waals surface area contributed by atoms with Gasteiger partial charge in [-0.05, 0) is 48.4 Å². The summed E-state index contributed by atoms with van der Waals surface area (Å²) in [7, 11) is 0. The molecule has 1 saturated heterocycles. The zero-order valence-corrected chi connectivity index (χ0v) is 11.8. The molecule has 1 heterocycles. The zero-order chi connectivity index (χ0) is 12.6. The number of hydrogen-bond donors (Lipinski definition) is 1. The second-order valence-electron chi connectivity index (χ2n) is 6.08. The Balaban J connectivity index is 1.95. The first-order chi connectivity index (χ1) is 8.72. The van der Waals surface area contributed by atoms with Gasteiger partial charge in [0.2, 0.25) is 0 Å². The maximum Gasteiger partial charge on any atom is 0.0406 e. The van der Waals surface area contributed by atoms with Crippen molar-refractivity contribution in [3.63, 3.8) is 0 Å². The molecule has 0 amide bonds. The second-order valence-corrected chi connectivity index (χ2v) is 6.52. The van der Waals surface area contributed by atoms with E-state index < -0.39 is 0 Å². The fourth-order valence-corrected chi connectivity index (χ4v) is 4.38. The molecular formula is C16H22ClN. The fraction of sp³-hybridized carbons (Fsp3) is 0.625. The van der Waals surface area contributed by atoms with E-state index in [0.717, 1.165) is 17.5 Å². The summed E-state index contributed by atoms with van der Waals surface area (Å²) in [4.78, 5) is 0. The molecular weight excluding hydrogens is 242 g/mol. The van der Waals surface area contributed by atoms with Gasteiger partial charge in [-0.25, -0.2) is 0 Å². The van der Waals surface area contributed by atoms with Crippen LogP contribution < -0.4 is 5.32 Å². The van der Waals surface area contributed by atoms with Crippen LogP contribution in [-0.2, 0) is 0 Å². The molecule has 1 saturated carbocycles. The molecule has 98 valence electrons. The van der Waals surface area contributed by atoms with E-state index in [0.29, 0.717) is 11.3 Å². The molecule has 1 N–H and O–H groups in total. The van der Waals surface area contributed by atoms with Crippen LogP contribution in [0, 0.1) is 11.3 Å². The van der Waals surface area contributed by atoms with Crippen LogP contribution in [0.5, 0.6) is 0 Å². The van der Waals surface area contributed by atoms with E-state index in [9.17, 15) is 0 Å². The van der Waals surface area contributed by atoms with Crippen molar-refractivity contribution >= 4 is 11.6 Å². The van der Waals surface area contributed by atoms with Crippen LogP contribution >= 0.6 is 11.6 Å². The molecule has 1 aliphatic carbocycles. The van der Waals surface area contributed by atoms with E-state index in [1.807, 2.05) is 12.1 Å². The van der Waals surface area contributed by atoms with Crippen molar-refractivity contribution in [3.05, 3.63) is 34.9 Å². The van der Waals surface area contributed by atoms with Crippen molar-refractivity contribution in [3.8, 4) is 0 Å². The third-order valence-electron chi connectivity index (χ3n) is 5.34. The van der Waals surface area contributed by atoms with Gasteiger partial charge >= 0.3 is 0 Å². The minimum absolute atomic E-state index is 0.541. The first-order valence-electron chi connectivity index (χ1n) is 7.18. The van der Waals surface area contributed by atoms with Gasteiger partial charge in [-0.2, -0.15) is 0 Å². The molecule has 1 spiro atoms. The van der Waals surface area contributed by atoms with Gasteiger partial charge in [0.25, 0.3) is 0 Å². The third kappa shape index (κ3) is 1.98. The van der Waals surface area contributed by atoms with Crippen molar-refractivity contribution in [2.75, 3.05) is 13.1 Å². The summed E-state index contributed by atoms with van der Waals surface area (Å²) in [5.41, 5.74) is 2.01. The van der Waals surface area contributed by atoms with Gasteiger partial charge in [-0.3, -0.25) is 0 Å². The Morgan fingerprint density at radius 3 is 2.67 bits per heavy atom. The number of halogens is 1. The van der Waals surface area contributed by atoms with E-state index in [-0.39, 0.29) is 0 Å².